The third-order valence-corrected chi connectivity index (χ3v) is 4.18. The second kappa shape index (κ2) is 10.9. The molecule has 0 bridgehead atoms. The van der Waals surface area contributed by atoms with Gasteiger partial charge in [0, 0.05) is 17.3 Å². The first-order valence-electron chi connectivity index (χ1n) is 9.44. The topological polar surface area (TPSA) is 64.6 Å². The zero-order valence-corrected chi connectivity index (χ0v) is 16.7. The van der Waals surface area contributed by atoms with Gasteiger partial charge in [0.25, 0.3) is 0 Å². The third-order valence-electron chi connectivity index (χ3n) is 4.18. The Hall–Kier alpha value is -3.08. The monoisotopic (exact) mass is 381 g/mol. The SMILES string of the molecule is CCCCCOc1ccc(C=CC(=O)Nc2ccc(C(C)=O)cc2)cc1OC. The number of ether oxygens (including phenoxy) is 2. The van der Waals surface area contributed by atoms with E-state index in [1.165, 1.54) is 13.0 Å². The van der Waals surface area contributed by atoms with Crippen LogP contribution >= 0.6 is 0 Å². The smallest absolute Gasteiger partial charge is 0.248 e. The van der Waals surface area contributed by atoms with E-state index in [9.17, 15) is 9.59 Å². The maximum atomic E-state index is 12.1. The summed E-state index contributed by atoms with van der Waals surface area (Å²) in [4.78, 5) is 23.4. The predicted octanol–water partition coefficient (Wildman–Crippen LogP) is 5.12. The van der Waals surface area contributed by atoms with Gasteiger partial charge in [-0.3, -0.25) is 9.59 Å². The Bertz CT molecular complexity index is 825. The molecular formula is C23H27NO4. The highest BCUT2D eigenvalue weighted by Gasteiger charge is 2.05. The molecule has 0 saturated carbocycles. The van der Waals surface area contributed by atoms with Gasteiger partial charge in [0.15, 0.2) is 17.3 Å². The van der Waals surface area contributed by atoms with Gasteiger partial charge < -0.3 is 14.8 Å². The molecule has 0 spiro atoms. The number of Topliss-reactive ketones (excluding diaryl/α,β-unsaturated/α-hetero) is 1. The zero-order chi connectivity index (χ0) is 20.4. The van der Waals surface area contributed by atoms with Crippen molar-refractivity contribution in [1.82, 2.24) is 0 Å². The van der Waals surface area contributed by atoms with E-state index in [2.05, 4.69) is 12.2 Å². The van der Waals surface area contributed by atoms with Crippen LogP contribution in [0.15, 0.2) is 48.5 Å². The maximum absolute atomic E-state index is 12.1. The molecule has 2 aromatic rings. The fraction of sp³-hybridized carbons (Fsp3) is 0.304. The van der Waals surface area contributed by atoms with E-state index in [0.717, 1.165) is 24.8 Å². The molecule has 2 aromatic carbocycles. The first-order chi connectivity index (χ1) is 13.5. The lowest BCUT2D eigenvalue weighted by Crippen LogP contribution is -2.07. The van der Waals surface area contributed by atoms with Crippen LogP contribution in [0.1, 0.15) is 49.0 Å². The van der Waals surface area contributed by atoms with E-state index in [1.807, 2.05) is 18.2 Å². The summed E-state index contributed by atoms with van der Waals surface area (Å²) >= 11 is 0. The summed E-state index contributed by atoms with van der Waals surface area (Å²) in [6.45, 7) is 4.31. The van der Waals surface area contributed by atoms with E-state index in [1.54, 1.807) is 37.5 Å². The molecular weight excluding hydrogens is 354 g/mol. The minimum Gasteiger partial charge on any atom is -0.493 e. The van der Waals surface area contributed by atoms with Crippen molar-refractivity contribution in [2.45, 2.75) is 33.1 Å². The average Bonchev–Trinajstić information content (AvgIpc) is 2.70. The van der Waals surface area contributed by atoms with E-state index >= 15 is 0 Å². The number of ketones is 1. The average molecular weight is 381 g/mol. The zero-order valence-electron chi connectivity index (χ0n) is 16.7. The standard InChI is InChI=1S/C23H27NO4/c1-4-5-6-15-28-21-13-7-18(16-22(21)27-3)8-14-23(26)24-20-11-9-19(10-12-20)17(2)25/h7-14,16H,4-6,15H2,1-3H3,(H,24,26). The molecule has 28 heavy (non-hydrogen) atoms. The van der Waals surface area contributed by atoms with Crippen LogP contribution in [-0.2, 0) is 4.79 Å². The van der Waals surface area contributed by atoms with Crippen LogP contribution in [0.3, 0.4) is 0 Å². The molecule has 0 aliphatic heterocycles. The lowest BCUT2D eigenvalue weighted by molar-refractivity contribution is -0.111. The number of rotatable bonds is 10. The van der Waals surface area contributed by atoms with Gasteiger partial charge in [0.2, 0.25) is 5.91 Å². The van der Waals surface area contributed by atoms with Gasteiger partial charge in [-0.1, -0.05) is 25.8 Å². The van der Waals surface area contributed by atoms with E-state index in [0.29, 0.717) is 29.4 Å². The van der Waals surface area contributed by atoms with Gasteiger partial charge in [0.1, 0.15) is 0 Å². The Labute approximate surface area is 166 Å². The molecule has 5 nitrogen and oxygen atoms in total. The summed E-state index contributed by atoms with van der Waals surface area (Å²) in [6, 6.07) is 12.3. The Morgan fingerprint density at radius 3 is 2.43 bits per heavy atom. The molecule has 0 atom stereocenters. The first-order valence-corrected chi connectivity index (χ1v) is 9.44. The molecule has 5 heteroatoms. The third kappa shape index (κ3) is 6.58. The van der Waals surface area contributed by atoms with Crippen molar-refractivity contribution in [3.05, 3.63) is 59.7 Å². The predicted molar refractivity (Wildman–Crippen MR) is 112 cm³/mol. The van der Waals surface area contributed by atoms with Gasteiger partial charge in [-0.2, -0.15) is 0 Å². The molecule has 2 rings (SSSR count). The normalized spacial score (nSPS) is 10.7. The molecule has 0 aromatic heterocycles. The number of methoxy groups -OCH3 is 1. The van der Waals surface area contributed by atoms with Crippen molar-refractivity contribution >= 4 is 23.5 Å². The number of carbonyl (C=O) groups is 2. The number of carbonyl (C=O) groups excluding carboxylic acids is 2. The summed E-state index contributed by atoms with van der Waals surface area (Å²) in [6.07, 6.45) is 6.45. The Balaban J connectivity index is 1.96. The highest BCUT2D eigenvalue weighted by Crippen LogP contribution is 2.28. The number of hydrogen-bond donors (Lipinski definition) is 1. The Morgan fingerprint density at radius 2 is 1.79 bits per heavy atom. The minimum absolute atomic E-state index is 0.00971. The molecule has 148 valence electrons. The first kappa shape index (κ1) is 21.2. The molecule has 0 fully saturated rings. The highest BCUT2D eigenvalue weighted by atomic mass is 16.5. The lowest BCUT2D eigenvalue weighted by atomic mass is 10.1. The quantitative estimate of drug-likeness (QED) is 0.352. The molecule has 0 heterocycles. The van der Waals surface area contributed by atoms with Crippen LogP contribution in [0.5, 0.6) is 11.5 Å². The molecule has 0 unspecified atom stereocenters. The number of nitrogens with one attached hydrogen (secondary N) is 1. The van der Waals surface area contributed by atoms with Crippen LogP contribution in [0.25, 0.3) is 6.08 Å². The van der Waals surface area contributed by atoms with Crippen LogP contribution in [0.4, 0.5) is 5.69 Å². The fourth-order valence-electron chi connectivity index (χ4n) is 2.59. The van der Waals surface area contributed by atoms with Gasteiger partial charge in [-0.15, -0.1) is 0 Å². The second-order valence-corrected chi connectivity index (χ2v) is 6.42. The van der Waals surface area contributed by atoms with Crippen LogP contribution in [0.2, 0.25) is 0 Å². The van der Waals surface area contributed by atoms with E-state index in [4.69, 9.17) is 9.47 Å². The van der Waals surface area contributed by atoms with Crippen molar-refractivity contribution in [2.24, 2.45) is 0 Å². The summed E-state index contributed by atoms with van der Waals surface area (Å²) in [5.74, 6) is 1.07. The van der Waals surface area contributed by atoms with Crippen molar-refractivity contribution in [1.29, 1.82) is 0 Å². The highest BCUT2D eigenvalue weighted by molar-refractivity contribution is 6.02. The molecule has 0 saturated heterocycles. The summed E-state index contributed by atoms with van der Waals surface area (Å²) < 4.78 is 11.2. The van der Waals surface area contributed by atoms with Crippen LogP contribution < -0.4 is 14.8 Å². The number of hydrogen-bond acceptors (Lipinski definition) is 4. The summed E-state index contributed by atoms with van der Waals surface area (Å²) in [7, 11) is 1.60. The molecule has 1 amide bonds. The van der Waals surface area contributed by atoms with Crippen LogP contribution in [0, 0.1) is 0 Å². The van der Waals surface area contributed by atoms with Crippen molar-refractivity contribution in [2.75, 3.05) is 19.0 Å². The summed E-state index contributed by atoms with van der Waals surface area (Å²) in [5, 5.41) is 2.77. The van der Waals surface area contributed by atoms with E-state index in [-0.39, 0.29) is 11.7 Å². The molecule has 0 radical (unpaired) electrons. The van der Waals surface area contributed by atoms with Gasteiger partial charge in [-0.25, -0.2) is 0 Å². The maximum Gasteiger partial charge on any atom is 0.248 e. The minimum atomic E-state index is -0.255. The molecule has 0 aliphatic rings. The number of benzene rings is 2. The second-order valence-electron chi connectivity index (χ2n) is 6.42. The van der Waals surface area contributed by atoms with Gasteiger partial charge in [-0.05, 0) is 61.4 Å². The lowest BCUT2D eigenvalue weighted by Gasteiger charge is -2.11. The largest absolute Gasteiger partial charge is 0.493 e. The molecule has 1 N–H and O–H groups in total. The van der Waals surface area contributed by atoms with Crippen molar-refractivity contribution < 1.29 is 19.1 Å². The number of amides is 1. The van der Waals surface area contributed by atoms with Gasteiger partial charge >= 0.3 is 0 Å². The summed E-state index contributed by atoms with van der Waals surface area (Å²) in [5.41, 5.74) is 2.07. The van der Waals surface area contributed by atoms with E-state index < -0.39 is 0 Å². The number of anilines is 1. The van der Waals surface area contributed by atoms with Gasteiger partial charge in [0.05, 0.1) is 13.7 Å². The van der Waals surface area contributed by atoms with Crippen molar-refractivity contribution in [3.8, 4) is 11.5 Å². The van der Waals surface area contributed by atoms with Crippen molar-refractivity contribution in [3.63, 3.8) is 0 Å². The number of unbranched alkanes of at least 4 members (excludes halogenated alkanes) is 2. The Morgan fingerprint density at radius 1 is 1.04 bits per heavy atom. The Kier molecular flexibility index (Phi) is 8.28. The fourth-order valence-corrected chi connectivity index (χ4v) is 2.59. The molecule has 0 aliphatic carbocycles. The van der Waals surface area contributed by atoms with Crippen LogP contribution in [-0.4, -0.2) is 25.4 Å².